The lowest BCUT2D eigenvalue weighted by molar-refractivity contribution is 0.191. The Hall–Kier alpha value is -0.860. The minimum Gasteiger partial charge on any atom is -0.395 e. The lowest BCUT2D eigenvalue weighted by Crippen LogP contribution is -2.26. The van der Waals surface area contributed by atoms with Gasteiger partial charge in [0.05, 0.1) is 18.0 Å². The average molecular weight is 252 g/mol. The van der Waals surface area contributed by atoms with Crippen LogP contribution in [0.15, 0.2) is 12.1 Å². The van der Waals surface area contributed by atoms with E-state index in [0.717, 1.165) is 30.9 Å². The number of aliphatic hydroxyl groups excluding tert-OH is 1. The summed E-state index contributed by atoms with van der Waals surface area (Å²) in [5.41, 5.74) is 5.34. The van der Waals surface area contributed by atoms with Gasteiger partial charge in [-0.05, 0) is 25.1 Å². The van der Waals surface area contributed by atoms with Crippen molar-refractivity contribution in [3.05, 3.63) is 21.9 Å². The van der Waals surface area contributed by atoms with Gasteiger partial charge in [0.2, 0.25) is 0 Å². The van der Waals surface area contributed by atoms with Gasteiger partial charge in [-0.1, -0.05) is 18.8 Å². The topological polar surface area (TPSA) is 49.5 Å². The van der Waals surface area contributed by atoms with Gasteiger partial charge in [0.1, 0.15) is 0 Å². The molecule has 1 aromatic heterocycles. The number of hydrogen-bond acceptors (Lipinski definition) is 4. The monoisotopic (exact) mass is 252 g/mol. The van der Waals surface area contributed by atoms with Crippen LogP contribution in [0.1, 0.15) is 23.1 Å². The molecular formula is C13H20N2OS. The first-order valence-corrected chi connectivity index (χ1v) is 6.72. The molecule has 94 valence electrons. The third-order valence-corrected chi connectivity index (χ3v) is 3.30. The molecule has 0 aromatic carbocycles. The summed E-state index contributed by atoms with van der Waals surface area (Å²) >= 11 is 1.70. The molecule has 1 rings (SSSR count). The van der Waals surface area contributed by atoms with Gasteiger partial charge in [-0.2, -0.15) is 0 Å². The molecule has 4 heteroatoms. The molecule has 0 aliphatic rings. The van der Waals surface area contributed by atoms with E-state index >= 15 is 0 Å². The van der Waals surface area contributed by atoms with Crippen LogP contribution >= 0.6 is 11.3 Å². The maximum atomic E-state index is 8.99. The van der Waals surface area contributed by atoms with E-state index in [9.17, 15) is 0 Å². The number of thiophene rings is 1. The second-order valence-corrected chi connectivity index (χ2v) is 4.94. The molecule has 0 radical (unpaired) electrons. The number of hydrogen-bond donors (Lipinski definition) is 2. The van der Waals surface area contributed by atoms with Gasteiger partial charge >= 0.3 is 0 Å². The van der Waals surface area contributed by atoms with Crippen molar-refractivity contribution in [2.45, 2.75) is 19.9 Å². The van der Waals surface area contributed by atoms with E-state index in [1.54, 1.807) is 11.3 Å². The van der Waals surface area contributed by atoms with Gasteiger partial charge in [0, 0.05) is 18.0 Å². The van der Waals surface area contributed by atoms with Crippen molar-refractivity contribution in [3.8, 4) is 11.8 Å². The molecule has 17 heavy (non-hydrogen) atoms. The Morgan fingerprint density at radius 1 is 1.41 bits per heavy atom. The van der Waals surface area contributed by atoms with Crippen LogP contribution in [0.5, 0.6) is 0 Å². The van der Waals surface area contributed by atoms with E-state index in [0.29, 0.717) is 6.54 Å². The van der Waals surface area contributed by atoms with E-state index < -0.39 is 0 Å². The summed E-state index contributed by atoms with van der Waals surface area (Å²) in [4.78, 5) is 4.60. The van der Waals surface area contributed by atoms with Gasteiger partial charge < -0.3 is 10.8 Å². The molecule has 0 aliphatic carbocycles. The van der Waals surface area contributed by atoms with Gasteiger partial charge in [0.15, 0.2) is 0 Å². The van der Waals surface area contributed by atoms with E-state index in [1.807, 2.05) is 6.07 Å². The Bertz CT molecular complexity index is 372. The highest BCUT2D eigenvalue weighted by atomic mass is 32.1. The summed E-state index contributed by atoms with van der Waals surface area (Å²) in [7, 11) is 0. The van der Waals surface area contributed by atoms with Crippen LogP contribution in [-0.2, 0) is 6.54 Å². The highest BCUT2D eigenvalue weighted by molar-refractivity contribution is 7.12. The minimum atomic E-state index is 0.214. The second-order valence-electron chi connectivity index (χ2n) is 3.77. The van der Waals surface area contributed by atoms with Crippen molar-refractivity contribution in [3.63, 3.8) is 0 Å². The number of nitrogens with zero attached hydrogens (tertiary/aromatic N) is 1. The van der Waals surface area contributed by atoms with Crippen molar-refractivity contribution >= 4 is 11.3 Å². The molecule has 1 aromatic rings. The third kappa shape index (κ3) is 5.33. The highest BCUT2D eigenvalue weighted by Crippen LogP contribution is 2.17. The maximum absolute atomic E-state index is 8.99. The zero-order valence-electron chi connectivity index (χ0n) is 10.3. The van der Waals surface area contributed by atoms with Crippen LogP contribution in [0.4, 0.5) is 0 Å². The lowest BCUT2D eigenvalue weighted by Gasteiger charge is -2.19. The summed E-state index contributed by atoms with van der Waals surface area (Å²) in [6.07, 6.45) is 1.10. The quantitative estimate of drug-likeness (QED) is 0.750. The second kappa shape index (κ2) is 8.26. The molecule has 0 spiro atoms. The van der Waals surface area contributed by atoms with Crippen molar-refractivity contribution in [2.75, 3.05) is 26.2 Å². The fraction of sp³-hybridized carbons (Fsp3) is 0.538. The van der Waals surface area contributed by atoms with Gasteiger partial charge in [-0.15, -0.1) is 11.3 Å². The molecule has 0 atom stereocenters. The van der Waals surface area contributed by atoms with Crippen molar-refractivity contribution < 1.29 is 5.11 Å². The molecular weight excluding hydrogens is 232 g/mol. The molecule has 3 nitrogen and oxygen atoms in total. The van der Waals surface area contributed by atoms with E-state index in [2.05, 4.69) is 29.7 Å². The predicted octanol–water partition coefficient (Wildman–Crippen LogP) is 1.26. The van der Waals surface area contributed by atoms with Crippen LogP contribution in [0.3, 0.4) is 0 Å². The van der Waals surface area contributed by atoms with Gasteiger partial charge in [0.25, 0.3) is 0 Å². The average Bonchev–Trinajstić information content (AvgIpc) is 2.75. The largest absolute Gasteiger partial charge is 0.395 e. The van der Waals surface area contributed by atoms with Crippen LogP contribution in [0.25, 0.3) is 0 Å². The van der Waals surface area contributed by atoms with E-state index in [4.69, 9.17) is 10.8 Å². The Morgan fingerprint density at radius 2 is 2.24 bits per heavy atom. The SMILES string of the molecule is CCCN(CCO)Cc1ccc(C#CCN)s1. The summed E-state index contributed by atoms with van der Waals surface area (Å²) in [5, 5.41) is 8.99. The van der Waals surface area contributed by atoms with Crippen molar-refractivity contribution in [1.29, 1.82) is 0 Å². The molecule has 0 aliphatic heterocycles. The van der Waals surface area contributed by atoms with Crippen molar-refractivity contribution in [1.82, 2.24) is 4.90 Å². The van der Waals surface area contributed by atoms with Gasteiger partial charge in [-0.3, -0.25) is 4.90 Å². The zero-order chi connectivity index (χ0) is 12.5. The first-order chi connectivity index (χ1) is 8.30. The number of rotatable bonds is 6. The highest BCUT2D eigenvalue weighted by Gasteiger charge is 2.06. The fourth-order valence-corrected chi connectivity index (χ4v) is 2.54. The lowest BCUT2D eigenvalue weighted by atomic mass is 10.3. The Labute approximate surface area is 107 Å². The van der Waals surface area contributed by atoms with E-state index in [1.165, 1.54) is 4.88 Å². The minimum absolute atomic E-state index is 0.214. The van der Waals surface area contributed by atoms with Crippen LogP contribution < -0.4 is 5.73 Å². The first-order valence-electron chi connectivity index (χ1n) is 5.91. The fourth-order valence-electron chi connectivity index (χ4n) is 1.62. The van der Waals surface area contributed by atoms with Crippen LogP contribution in [0.2, 0.25) is 0 Å². The molecule has 0 saturated carbocycles. The molecule has 0 fully saturated rings. The smallest absolute Gasteiger partial charge is 0.0772 e. The third-order valence-electron chi connectivity index (χ3n) is 2.31. The summed E-state index contributed by atoms with van der Waals surface area (Å²) < 4.78 is 0. The summed E-state index contributed by atoms with van der Waals surface area (Å²) in [6, 6.07) is 4.14. The molecule has 0 saturated heterocycles. The molecule has 1 heterocycles. The molecule has 0 unspecified atom stereocenters. The predicted molar refractivity (Wildman–Crippen MR) is 72.9 cm³/mol. The summed E-state index contributed by atoms with van der Waals surface area (Å²) in [5.74, 6) is 5.89. The van der Waals surface area contributed by atoms with Crippen molar-refractivity contribution in [2.24, 2.45) is 5.73 Å². The maximum Gasteiger partial charge on any atom is 0.0772 e. The molecule has 0 amide bonds. The van der Waals surface area contributed by atoms with Gasteiger partial charge in [-0.25, -0.2) is 0 Å². The Morgan fingerprint density at radius 3 is 2.88 bits per heavy atom. The standard InChI is InChI=1S/C13H20N2OS/c1-2-8-15(9-10-16)11-13-6-5-12(17-13)4-3-7-14/h5-6,16H,2,7-11,14H2,1H3. The van der Waals surface area contributed by atoms with Crippen LogP contribution in [-0.4, -0.2) is 36.2 Å². The number of nitrogens with two attached hydrogens (primary N) is 1. The molecule has 0 bridgehead atoms. The normalized spacial score (nSPS) is 10.4. The zero-order valence-corrected chi connectivity index (χ0v) is 11.1. The van der Waals surface area contributed by atoms with Crippen LogP contribution in [0, 0.1) is 11.8 Å². The summed E-state index contributed by atoms with van der Waals surface area (Å²) in [6.45, 7) is 5.41. The molecule has 3 N–H and O–H groups in total. The Kier molecular flexibility index (Phi) is 6.90. The van der Waals surface area contributed by atoms with E-state index in [-0.39, 0.29) is 6.61 Å². The Balaban J connectivity index is 2.56. The number of aliphatic hydroxyl groups is 1. The first kappa shape index (κ1) is 14.2.